The average Bonchev–Trinajstić information content (AvgIpc) is 3.16. The molecule has 0 aliphatic carbocycles. The molecule has 0 bridgehead atoms. The maximum absolute atomic E-state index is 12.5. The highest BCUT2D eigenvalue weighted by atomic mass is 16.1. The number of rotatable bonds is 3. The number of nitrogens with one attached hydrogen (secondary N) is 1. The minimum absolute atomic E-state index is 0.105. The summed E-state index contributed by atoms with van der Waals surface area (Å²) in [7, 11) is 0. The summed E-state index contributed by atoms with van der Waals surface area (Å²) >= 11 is 0. The molecule has 1 saturated heterocycles. The Morgan fingerprint density at radius 3 is 2.68 bits per heavy atom. The lowest BCUT2D eigenvalue weighted by Gasteiger charge is -2.18. The van der Waals surface area contributed by atoms with E-state index < -0.39 is 0 Å². The summed E-state index contributed by atoms with van der Waals surface area (Å²) < 4.78 is 0. The first-order chi connectivity index (χ1) is 12.2. The Hall–Kier alpha value is -2.95. The topological polar surface area (TPSA) is 58.1 Å². The van der Waals surface area contributed by atoms with E-state index in [1.165, 1.54) is 12.8 Å². The zero-order valence-electron chi connectivity index (χ0n) is 14.2. The Labute approximate surface area is 146 Å². The summed E-state index contributed by atoms with van der Waals surface area (Å²) in [5.74, 6) is 0.880. The summed E-state index contributed by atoms with van der Waals surface area (Å²) in [6.07, 6.45) is 4.01. The van der Waals surface area contributed by atoms with E-state index in [0.29, 0.717) is 5.56 Å². The Bertz CT molecular complexity index is 932. The second kappa shape index (κ2) is 6.51. The fraction of sp³-hybridized carbons (Fsp3) is 0.250. The minimum atomic E-state index is -0.105. The number of nitrogens with zero attached hydrogens (tertiary/aromatic N) is 3. The van der Waals surface area contributed by atoms with Crippen LogP contribution < -0.4 is 10.2 Å². The number of benzene rings is 2. The van der Waals surface area contributed by atoms with E-state index in [1.807, 2.05) is 49.4 Å². The zero-order valence-corrected chi connectivity index (χ0v) is 14.2. The predicted octanol–water partition coefficient (Wildman–Crippen LogP) is 3.79. The SMILES string of the molecule is Cc1ccccc1C(=O)Nc1ccc2c(N3CCCC3)ncnc2c1. The number of amides is 1. The quantitative estimate of drug-likeness (QED) is 0.793. The number of fused-ring (bicyclic) bond motifs is 1. The largest absolute Gasteiger partial charge is 0.356 e. The first-order valence-electron chi connectivity index (χ1n) is 8.59. The fourth-order valence-electron chi connectivity index (χ4n) is 3.33. The van der Waals surface area contributed by atoms with Gasteiger partial charge in [0.2, 0.25) is 0 Å². The molecular formula is C20H20N4O. The van der Waals surface area contributed by atoms with Gasteiger partial charge in [0.25, 0.3) is 5.91 Å². The van der Waals surface area contributed by atoms with Gasteiger partial charge in [-0.05, 0) is 49.6 Å². The van der Waals surface area contributed by atoms with Gasteiger partial charge in [-0.3, -0.25) is 4.79 Å². The molecule has 126 valence electrons. The molecule has 1 amide bonds. The molecule has 0 unspecified atom stereocenters. The lowest BCUT2D eigenvalue weighted by atomic mass is 10.1. The van der Waals surface area contributed by atoms with E-state index in [4.69, 9.17) is 0 Å². The molecule has 2 aromatic carbocycles. The number of aryl methyl sites for hydroxylation is 1. The standard InChI is InChI=1S/C20H20N4O/c1-14-6-2-3-7-16(14)20(25)23-15-8-9-17-18(12-15)21-13-22-19(17)24-10-4-5-11-24/h2-3,6-9,12-13H,4-5,10-11H2,1H3,(H,23,25). The van der Waals surface area contributed by atoms with E-state index >= 15 is 0 Å². The van der Waals surface area contributed by atoms with E-state index in [1.54, 1.807) is 6.33 Å². The molecule has 2 heterocycles. The molecule has 0 spiro atoms. The highest BCUT2D eigenvalue weighted by Gasteiger charge is 2.17. The Kier molecular flexibility index (Phi) is 4.06. The van der Waals surface area contributed by atoms with Crippen molar-refractivity contribution in [2.24, 2.45) is 0 Å². The number of hydrogen-bond donors (Lipinski definition) is 1. The van der Waals surface area contributed by atoms with Crippen LogP contribution in [0.4, 0.5) is 11.5 Å². The molecule has 0 saturated carbocycles. The van der Waals surface area contributed by atoms with Crippen LogP contribution in [0.25, 0.3) is 10.9 Å². The van der Waals surface area contributed by atoms with Crippen LogP contribution in [-0.4, -0.2) is 29.0 Å². The first kappa shape index (κ1) is 15.6. The molecule has 4 rings (SSSR count). The maximum Gasteiger partial charge on any atom is 0.255 e. The normalized spacial score (nSPS) is 14.0. The van der Waals surface area contributed by atoms with Gasteiger partial charge in [0.1, 0.15) is 12.1 Å². The highest BCUT2D eigenvalue weighted by Crippen LogP contribution is 2.28. The number of carbonyl (C=O) groups excluding carboxylic acids is 1. The van der Waals surface area contributed by atoms with Crippen LogP contribution in [0.5, 0.6) is 0 Å². The van der Waals surface area contributed by atoms with Crippen molar-refractivity contribution in [3.63, 3.8) is 0 Å². The van der Waals surface area contributed by atoms with E-state index in [2.05, 4.69) is 20.2 Å². The molecule has 5 nitrogen and oxygen atoms in total. The Morgan fingerprint density at radius 2 is 1.88 bits per heavy atom. The van der Waals surface area contributed by atoms with Crippen LogP contribution >= 0.6 is 0 Å². The molecule has 0 radical (unpaired) electrons. The van der Waals surface area contributed by atoms with E-state index in [9.17, 15) is 4.79 Å². The monoisotopic (exact) mass is 332 g/mol. The molecule has 1 aliphatic heterocycles. The fourth-order valence-corrected chi connectivity index (χ4v) is 3.33. The van der Waals surface area contributed by atoms with Crippen molar-refractivity contribution >= 4 is 28.3 Å². The van der Waals surface area contributed by atoms with Gasteiger partial charge in [-0.1, -0.05) is 18.2 Å². The third-order valence-electron chi connectivity index (χ3n) is 4.67. The average molecular weight is 332 g/mol. The number of hydrogen-bond acceptors (Lipinski definition) is 4. The van der Waals surface area contributed by atoms with Crippen LogP contribution in [0, 0.1) is 6.92 Å². The lowest BCUT2D eigenvalue weighted by molar-refractivity contribution is 0.102. The van der Waals surface area contributed by atoms with Crippen LogP contribution in [-0.2, 0) is 0 Å². The van der Waals surface area contributed by atoms with E-state index in [-0.39, 0.29) is 5.91 Å². The van der Waals surface area contributed by atoms with Gasteiger partial charge in [-0.15, -0.1) is 0 Å². The van der Waals surface area contributed by atoms with Crippen molar-refractivity contribution < 1.29 is 4.79 Å². The molecule has 1 fully saturated rings. The van der Waals surface area contributed by atoms with Crippen molar-refractivity contribution in [3.05, 3.63) is 59.9 Å². The van der Waals surface area contributed by atoms with Gasteiger partial charge in [-0.25, -0.2) is 9.97 Å². The molecule has 1 aromatic heterocycles. The van der Waals surface area contributed by atoms with Gasteiger partial charge in [0.05, 0.1) is 5.52 Å². The summed E-state index contributed by atoms with van der Waals surface area (Å²) in [6.45, 7) is 4.01. The molecule has 5 heteroatoms. The third kappa shape index (κ3) is 3.05. The Balaban J connectivity index is 1.63. The number of anilines is 2. The number of carbonyl (C=O) groups is 1. The number of aromatic nitrogens is 2. The van der Waals surface area contributed by atoms with Crippen LogP contribution in [0.3, 0.4) is 0 Å². The van der Waals surface area contributed by atoms with Crippen molar-refractivity contribution in [1.29, 1.82) is 0 Å². The summed E-state index contributed by atoms with van der Waals surface area (Å²) in [4.78, 5) is 23.6. The van der Waals surface area contributed by atoms with Gasteiger partial charge in [0, 0.05) is 29.7 Å². The third-order valence-corrected chi connectivity index (χ3v) is 4.67. The summed E-state index contributed by atoms with van der Waals surface area (Å²) in [6, 6.07) is 13.4. The van der Waals surface area contributed by atoms with Crippen molar-refractivity contribution in [2.75, 3.05) is 23.3 Å². The van der Waals surface area contributed by atoms with Gasteiger partial charge in [0.15, 0.2) is 0 Å². The molecular weight excluding hydrogens is 312 g/mol. The van der Waals surface area contributed by atoms with Crippen LogP contribution in [0.1, 0.15) is 28.8 Å². The lowest BCUT2D eigenvalue weighted by Crippen LogP contribution is -2.19. The predicted molar refractivity (Wildman–Crippen MR) is 100 cm³/mol. The van der Waals surface area contributed by atoms with Crippen LogP contribution in [0.2, 0.25) is 0 Å². The van der Waals surface area contributed by atoms with Crippen molar-refractivity contribution in [2.45, 2.75) is 19.8 Å². The second-order valence-electron chi connectivity index (χ2n) is 6.39. The summed E-state index contributed by atoms with van der Waals surface area (Å²) in [5, 5.41) is 3.99. The van der Waals surface area contributed by atoms with Gasteiger partial charge >= 0.3 is 0 Å². The van der Waals surface area contributed by atoms with Crippen LogP contribution in [0.15, 0.2) is 48.8 Å². The minimum Gasteiger partial charge on any atom is -0.356 e. The smallest absolute Gasteiger partial charge is 0.255 e. The molecule has 0 atom stereocenters. The molecule has 1 N–H and O–H groups in total. The maximum atomic E-state index is 12.5. The molecule has 1 aliphatic rings. The van der Waals surface area contributed by atoms with Gasteiger partial charge in [-0.2, -0.15) is 0 Å². The molecule has 25 heavy (non-hydrogen) atoms. The highest BCUT2D eigenvalue weighted by molar-refractivity contribution is 6.06. The zero-order chi connectivity index (χ0) is 17.2. The second-order valence-corrected chi connectivity index (χ2v) is 6.39. The first-order valence-corrected chi connectivity index (χ1v) is 8.59. The Morgan fingerprint density at radius 1 is 1.08 bits per heavy atom. The van der Waals surface area contributed by atoms with Crippen molar-refractivity contribution in [3.8, 4) is 0 Å². The summed E-state index contributed by atoms with van der Waals surface area (Å²) in [5.41, 5.74) is 3.23. The van der Waals surface area contributed by atoms with E-state index in [0.717, 1.165) is 41.1 Å². The van der Waals surface area contributed by atoms with Gasteiger partial charge < -0.3 is 10.2 Å². The molecule has 3 aromatic rings. The van der Waals surface area contributed by atoms with Crippen molar-refractivity contribution in [1.82, 2.24) is 9.97 Å².